The van der Waals surface area contributed by atoms with Crippen LogP contribution in [0.3, 0.4) is 0 Å². The van der Waals surface area contributed by atoms with Crippen molar-refractivity contribution >= 4 is 16.8 Å². The first-order chi connectivity index (χ1) is 15.7. The van der Waals surface area contributed by atoms with Crippen LogP contribution >= 0.6 is 0 Å². The van der Waals surface area contributed by atoms with Gasteiger partial charge in [-0.1, -0.05) is 12.1 Å². The summed E-state index contributed by atoms with van der Waals surface area (Å²) in [6.07, 6.45) is -2.91. The summed E-state index contributed by atoms with van der Waals surface area (Å²) in [6, 6.07) is 10.4. The van der Waals surface area contributed by atoms with E-state index >= 15 is 0 Å². The number of hydrogen-bond acceptors (Lipinski definition) is 5. The third-order valence-electron chi connectivity index (χ3n) is 5.19. The van der Waals surface area contributed by atoms with E-state index in [-0.39, 0.29) is 28.8 Å². The molecule has 0 aliphatic rings. The van der Waals surface area contributed by atoms with Crippen LogP contribution in [0.25, 0.3) is 22.4 Å². The van der Waals surface area contributed by atoms with E-state index in [9.17, 15) is 22.8 Å². The van der Waals surface area contributed by atoms with Gasteiger partial charge in [0.25, 0.3) is 11.5 Å². The van der Waals surface area contributed by atoms with E-state index in [4.69, 9.17) is 5.21 Å². The van der Waals surface area contributed by atoms with Gasteiger partial charge in [-0.15, -0.1) is 0 Å². The van der Waals surface area contributed by atoms with Crippen LogP contribution < -0.4 is 11.0 Å². The van der Waals surface area contributed by atoms with Gasteiger partial charge in [-0.25, -0.2) is 10.5 Å². The molecule has 0 fully saturated rings. The number of halogens is 3. The number of hydroxylamine groups is 1. The van der Waals surface area contributed by atoms with E-state index in [1.165, 1.54) is 40.4 Å². The fourth-order valence-corrected chi connectivity index (χ4v) is 3.53. The summed E-state index contributed by atoms with van der Waals surface area (Å²) in [4.78, 5) is 29.8. The molecule has 4 aromatic rings. The molecule has 0 unspecified atom stereocenters. The molecule has 0 aliphatic carbocycles. The van der Waals surface area contributed by atoms with E-state index in [1.54, 1.807) is 16.9 Å². The number of nitrogens with zero attached hydrogens (tertiary/aromatic N) is 4. The van der Waals surface area contributed by atoms with Crippen LogP contribution in [0, 0.1) is 0 Å². The number of hydrogen-bond donors (Lipinski definition) is 2. The van der Waals surface area contributed by atoms with Crippen LogP contribution in [0.2, 0.25) is 0 Å². The van der Waals surface area contributed by atoms with Gasteiger partial charge in [0, 0.05) is 18.3 Å². The lowest BCUT2D eigenvalue weighted by Gasteiger charge is -2.15. The SMILES string of the molecule is CCn1nccc1-c1nc2cc(C(=O)NO)ccc2c(=O)n1Cc1ccc(C(F)(F)F)cc1. The Morgan fingerprint density at radius 2 is 1.85 bits per heavy atom. The van der Waals surface area contributed by atoms with Crippen molar-refractivity contribution < 1.29 is 23.2 Å². The molecule has 1 amide bonds. The maximum absolute atomic E-state index is 13.4. The zero-order valence-electron chi connectivity index (χ0n) is 17.3. The molecule has 11 heteroatoms. The van der Waals surface area contributed by atoms with Gasteiger partial charge in [0.2, 0.25) is 0 Å². The van der Waals surface area contributed by atoms with Crippen molar-refractivity contribution in [3.63, 3.8) is 0 Å². The topological polar surface area (TPSA) is 102 Å². The van der Waals surface area contributed by atoms with Gasteiger partial charge in [-0.3, -0.25) is 24.0 Å². The van der Waals surface area contributed by atoms with E-state index in [2.05, 4.69) is 10.1 Å². The van der Waals surface area contributed by atoms with Crippen molar-refractivity contribution in [1.82, 2.24) is 24.8 Å². The lowest BCUT2D eigenvalue weighted by Crippen LogP contribution is -2.25. The standard InChI is InChI=1S/C22H18F3N5O3/c1-2-30-18(9-10-26-30)19-27-17-11-14(20(31)28-33)5-8-16(17)21(32)29(19)12-13-3-6-15(7-4-13)22(23,24)25/h3-11,33H,2,12H2,1H3,(H,28,31). The highest BCUT2D eigenvalue weighted by molar-refractivity contribution is 5.97. The number of fused-ring (bicyclic) bond motifs is 1. The van der Waals surface area contributed by atoms with Gasteiger partial charge in [0.1, 0.15) is 5.69 Å². The monoisotopic (exact) mass is 457 g/mol. The van der Waals surface area contributed by atoms with Crippen LogP contribution in [0.15, 0.2) is 59.5 Å². The van der Waals surface area contributed by atoms with Crippen LogP contribution in [-0.4, -0.2) is 30.4 Å². The minimum Gasteiger partial charge on any atom is -0.288 e. The van der Waals surface area contributed by atoms with Gasteiger partial charge in [0.05, 0.1) is 23.0 Å². The molecule has 170 valence electrons. The normalized spacial score (nSPS) is 11.7. The smallest absolute Gasteiger partial charge is 0.288 e. The van der Waals surface area contributed by atoms with Crippen LogP contribution in [0.5, 0.6) is 0 Å². The maximum atomic E-state index is 13.4. The number of amides is 1. The van der Waals surface area contributed by atoms with Gasteiger partial charge in [-0.2, -0.15) is 18.3 Å². The second kappa shape index (κ2) is 8.51. The molecule has 0 saturated heterocycles. The Hall–Kier alpha value is -3.99. The van der Waals surface area contributed by atoms with Crippen molar-refractivity contribution in [3.8, 4) is 11.5 Å². The fourth-order valence-electron chi connectivity index (χ4n) is 3.53. The zero-order valence-corrected chi connectivity index (χ0v) is 17.3. The largest absolute Gasteiger partial charge is 0.416 e. The number of benzene rings is 2. The highest BCUT2D eigenvalue weighted by Crippen LogP contribution is 2.29. The van der Waals surface area contributed by atoms with E-state index in [0.717, 1.165) is 12.1 Å². The minimum absolute atomic E-state index is 0.0248. The van der Waals surface area contributed by atoms with Crippen molar-refractivity contribution in [3.05, 3.63) is 81.8 Å². The van der Waals surface area contributed by atoms with Crippen molar-refractivity contribution in [2.24, 2.45) is 0 Å². The highest BCUT2D eigenvalue weighted by atomic mass is 19.4. The predicted molar refractivity (Wildman–Crippen MR) is 113 cm³/mol. The predicted octanol–water partition coefficient (Wildman–Crippen LogP) is 3.47. The number of alkyl halides is 3. The summed E-state index contributed by atoms with van der Waals surface area (Å²) in [5.74, 6) is -0.513. The molecule has 4 rings (SSSR count). The Balaban J connectivity index is 1.90. The maximum Gasteiger partial charge on any atom is 0.416 e. The van der Waals surface area contributed by atoms with Crippen LogP contribution in [0.1, 0.15) is 28.4 Å². The Kier molecular flexibility index (Phi) is 5.73. The first-order valence-electron chi connectivity index (χ1n) is 9.90. The second-order valence-electron chi connectivity index (χ2n) is 7.23. The lowest BCUT2D eigenvalue weighted by atomic mass is 10.1. The molecule has 0 saturated carbocycles. The molecule has 0 atom stereocenters. The summed E-state index contributed by atoms with van der Waals surface area (Å²) in [5, 5.41) is 13.3. The molecule has 2 aromatic heterocycles. The zero-order chi connectivity index (χ0) is 23.8. The van der Waals surface area contributed by atoms with Gasteiger partial charge in [0.15, 0.2) is 5.82 Å². The Bertz CT molecular complexity index is 1390. The van der Waals surface area contributed by atoms with E-state index in [1.807, 2.05) is 6.92 Å². The molecule has 2 heterocycles. The molecule has 2 aromatic carbocycles. The number of aryl methyl sites for hydroxylation is 1. The lowest BCUT2D eigenvalue weighted by molar-refractivity contribution is -0.137. The quantitative estimate of drug-likeness (QED) is 0.353. The van der Waals surface area contributed by atoms with E-state index < -0.39 is 23.2 Å². The molecular weight excluding hydrogens is 439 g/mol. The Morgan fingerprint density at radius 1 is 1.12 bits per heavy atom. The molecule has 8 nitrogen and oxygen atoms in total. The first kappa shape index (κ1) is 22.2. The molecular formula is C22H18F3N5O3. The van der Waals surface area contributed by atoms with E-state index in [0.29, 0.717) is 17.8 Å². The number of rotatable bonds is 5. The van der Waals surface area contributed by atoms with Crippen LogP contribution in [-0.2, 0) is 19.3 Å². The van der Waals surface area contributed by atoms with Gasteiger partial charge in [-0.05, 0) is 48.9 Å². The molecule has 2 N–H and O–H groups in total. The summed E-state index contributed by atoms with van der Waals surface area (Å²) in [5.41, 5.74) is 1.65. The number of carbonyl (C=O) groups is 1. The highest BCUT2D eigenvalue weighted by Gasteiger charge is 2.30. The first-order valence-corrected chi connectivity index (χ1v) is 9.90. The summed E-state index contributed by atoms with van der Waals surface area (Å²) < 4.78 is 41.7. The fraction of sp³-hybridized carbons (Fsp3) is 0.182. The molecule has 0 spiro atoms. The van der Waals surface area contributed by atoms with Crippen molar-refractivity contribution in [2.45, 2.75) is 26.2 Å². The minimum atomic E-state index is -4.46. The average molecular weight is 457 g/mol. The van der Waals surface area contributed by atoms with Crippen molar-refractivity contribution in [2.75, 3.05) is 0 Å². The Morgan fingerprint density at radius 3 is 2.48 bits per heavy atom. The third kappa shape index (κ3) is 4.22. The number of aromatic nitrogens is 4. The average Bonchev–Trinajstić information content (AvgIpc) is 3.28. The Labute approximate surface area is 184 Å². The molecule has 33 heavy (non-hydrogen) atoms. The van der Waals surface area contributed by atoms with Gasteiger partial charge < -0.3 is 0 Å². The summed E-state index contributed by atoms with van der Waals surface area (Å²) in [7, 11) is 0. The number of carbonyl (C=O) groups excluding carboxylic acids is 1. The number of nitrogens with one attached hydrogen (secondary N) is 1. The second-order valence-corrected chi connectivity index (χ2v) is 7.23. The van der Waals surface area contributed by atoms with Crippen molar-refractivity contribution in [1.29, 1.82) is 0 Å². The molecule has 0 aliphatic heterocycles. The molecule has 0 bridgehead atoms. The molecule has 0 radical (unpaired) electrons. The summed E-state index contributed by atoms with van der Waals surface area (Å²) >= 11 is 0. The van der Waals surface area contributed by atoms with Gasteiger partial charge >= 0.3 is 6.18 Å². The summed E-state index contributed by atoms with van der Waals surface area (Å²) in [6.45, 7) is 2.33. The third-order valence-corrected chi connectivity index (χ3v) is 5.19. The van der Waals surface area contributed by atoms with Crippen LogP contribution in [0.4, 0.5) is 13.2 Å².